The minimum Gasteiger partial charge on any atom is -0.215 e. The van der Waals surface area contributed by atoms with Crippen LogP contribution in [0.5, 0.6) is 0 Å². The first-order chi connectivity index (χ1) is 11.1. The fourth-order valence-electron chi connectivity index (χ4n) is 2.27. The number of sulfonamides is 2. The second-order valence-corrected chi connectivity index (χ2v) is 9.84. The monoisotopic (exact) mass is 376 g/mol. The molecule has 0 aromatic heterocycles. The third-order valence-electron chi connectivity index (χ3n) is 3.64. The Bertz CT molecular complexity index is 698. The van der Waals surface area contributed by atoms with Gasteiger partial charge >= 0.3 is 0 Å². The van der Waals surface area contributed by atoms with E-state index in [-0.39, 0.29) is 11.7 Å². The molecule has 0 aliphatic heterocycles. The van der Waals surface area contributed by atoms with Crippen LogP contribution < -0.4 is 9.44 Å². The van der Waals surface area contributed by atoms with E-state index in [4.69, 9.17) is 0 Å². The van der Waals surface area contributed by atoms with Gasteiger partial charge in [0.1, 0.15) is 0 Å². The molecule has 0 fully saturated rings. The van der Waals surface area contributed by atoms with Gasteiger partial charge < -0.3 is 0 Å². The van der Waals surface area contributed by atoms with Crippen LogP contribution in [0.15, 0.2) is 24.3 Å². The van der Waals surface area contributed by atoms with Crippen molar-refractivity contribution < 1.29 is 16.8 Å². The lowest BCUT2D eigenvalue weighted by Gasteiger charge is -2.14. The summed E-state index contributed by atoms with van der Waals surface area (Å²) in [5, 5.41) is 0. The molecule has 0 amide bonds. The summed E-state index contributed by atoms with van der Waals surface area (Å²) in [6.45, 7) is 4.64. The Balaban J connectivity index is 2.46. The summed E-state index contributed by atoms with van der Waals surface area (Å²) in [6.07, 6.45) is 3.28. The van der Waals surface area contributed by atoms with Crippen LogP contribution in [0.3, 0.4) is 0 Å². The first-order valence-electron chi connectivity index (χ1n) is 8.14. The Hall–Kier alpha value is -0.960. The van der Waals surface area contributed by atoms with Gasteiger partial charge in [-0.1, -0.05) is 38.1 Å². The summed E-state index contributed by atoms with van der Waals surface area (Å²) in [5.74, 6) is 0.248. The van der Waals surface area contributed by atoms with Crippen LogP contribution >= 0.6 is 0 Å². The molecule has 1 unspecified atom stereocenters. The lowest BCUT2D eigenvalue weighted by molar-refractivity contribution is 0.573. The van der Waals surface area contributed by atoms with Gasteiger partial charge in [0.25, 0.3) is 0 Å². The topological polar surface area (TPSA) is 92.3 Å². The van der Waals surface area contributed by atoms with E-state index in [1.165, 1.54) is 0 Å². The van der Waals surface area contributed by atoms with E-state index >= 15 is 0 Å². The van der Waals surface area contributed by atoms with E-state index in [9.17, 15) is 16.8 Å². The minimum atomic E-state index is -3.18. The quantitative estimate of drug-likeness (QED) is 0.574. The minimum absolute atomic E-state index is 0.0950. The van der Waals surface area contributed by atoms with Gasteiger partial charge in [0, 0.05) is 13.1 Å². The Labute approximate surface area is 146 Å². The average Bonchev–Trinajstić information content (AvgIpc) is 2.49. The number of hydrogen-bond donors (Lipinski definition) is 2. The molecule has 1 aromatic carbocycles. The highest BCUT2D eigenvalue weighted by atomic mass is 32.2. The zero-order chi connectivity index (χ0) is 18.2. The van der Waals surface area contributed by atoms with Crippen LogP contribution in [-0.4, -0.2) is 41.9 Å². The number of rotatable bonds is 11. The third-order valence-corrected chi connectivity index (χ3v) is 5.92. The Morgan fingerprint density at radius 2 is 1.67 bits per heavy atom. The van der Waals surface area contributed by atoms with E-state index in [2.05, 4.69) is 9.44 Å². The molecule has 0 bridgehead atoms. The summed E-state index contributed by atoms with van der Waals surface area (Å²) in [4.78, 5) is 0. The lowest BCUT2D eigenvalue weighted by atomic mass is 9.99. The van der Waals surface area contributed by atoms with Crippen molar-refractivity contribution >= 4 is 20.0 Å². The smallest absolute Gasteiger partial charge is 0.211 e. The summed E-state index contributed by atoms with van der Waals surface area (Å²) in [7, 11) is -6.30. The van der Waals surface area contributed by atoms with Gasteiger partial charge in [0.2, 0.25) is 20.0 Å². The van der Waals surface area contributed by atoms with Crippen molar-refractivity contribution in [2.45, 2.75) is 39.0 Å². The summed E-state index contributed by atoms with van der Waals surface area (Å²) in [6, 6.07) is 8.01. The van der Waals surface area contributed by atoms with Gasteiger partial charge in [0.15, 0.2) is 0 Å². The number of hydrogen-bond acceptors (Lipinski definition) is 4. The lowest BCUT2D eigenvalue weighted by Crippen LogP contribution is -2.29. The molecule has 0 heterocycles. The molecule has 0 aliphatic rings. The van der Waals surface area contributed by atoms with E-state index in [1.807, 2.05) is 38.1 Å². The molecule has 0 aliphatic carbocycles. The number of benzene rings is 1. The van der Waals surface area contributed by atoms with Crippen LogP contribution in [0.4, 0.5) is 0 Å². The molecule has 0 saturated carbocycles. The largest absolute Gasteiger partial charge is 0.215 e. The summed E-state index contributed by atoms with van der Waals surface area (Å²) < 4.78 is 50.4. The molecule has 1 atom stereocenters. The molecule has 24 heavy (non-hydrogen) atoms. The maximum atomic E-state index is 11.7. The first kappa shape index (κ1) is 21.1. The normalized spacial score (nSPS) is 13.8. The van der Waals surface area contributed by atoms with Crippen molar-refractivity contribution in [3.63, 3.8) is 0 Å². The molecule has 0 radical (unpaired) electrons. The Morgan fingerprint density at radius 3 is 2.21 bits per heavy atom. The van der Waals surface area contributed by atoms with Crippen molar-refractivity contribution in [2.24, 2.45) is 0 Å². The van der Waals surface area contributed by atoms with Crippen LogP contribution in [0.25, 0.3) is 0 Å². The summed E-state index contributed by atoms with van der Waals surface area (Å²) in [5.41, 5.74) is 2.21. The SMILES string of the molecule is CCCS(=O)(=O)NCC(C)c1ccc(CCCNS(C)(=O)=O)cc1. The predicted octanol–water partition coefficient (Wildman–Crippen LogP) is 1.60. The maximum Gasteiger partial charge on any atom is 0.211 e. The van der Waals surface area contributed by atoms with Crippen LogP contribution in [-0.2, 0) is 26.5 Å². The van der Waals surface area contributed by atoms with Crippen molar-refractivity contribution in [1.29, 1.82) is 0 Å². The van der Waals surface area contributed by atoms with E-state index in [0.29, 0.717) is 19.5 Å². The van der Waals surface area contributed by atoms with Gasteiger partial charge in [-0.15, -0.1) is 0 Å². The van der Waals surface area contributed by atoms with Gasteiger partial charge in [-0.25, -0.2) is 26.3 Å². The highest BCUT2D eigenvalue weighted by Gasteiger charge is 2.12. The molecule has 0 saturated heterocycles. The zero-order valence-electron chi connectivity index (χ0n) is 14.6. The molecular weight excluding hydrogens is 348 g/mol. The highest BCUT2D eigenvalue weighted by Crippen LogP contribution is 2.16. The molecule has 8 heteroatoms. The van der Waals surface area contributed by atoms with Gasteiger partial charge in [0.05, 0.1) is 12.0 Å². The van der Waals surface area contributed by atoms with Crippen molar-refractivity contribution in [3.8, 4) is 0 Å². The van der Waals surface area contributed by atoms with Crippen molar-refractivity contribution in [1.82, 2.24) is 9.44 Å². The zero-order valence-corrected chi connectivity index (χ0v) is 16.2. The third kappa shape index (κ3) is 8.77. The first-order valence-corrected chi connectivity index (χ1v) is 11.7. The fraction of sp³-hybridized carbons (Fsp3) is 0.625. The molecular formula is C16H28N2O4S2. The van der Waals surface area contributed by atoms with Crippen molar-refractivity contribution in [3.05, 3.63) is 35.4 Å². The summed E-state index contributed by atoms with van der Waals surface area (Å²) >= 11 is 0. The Morgan fingerprint density at radius 1 is 1.04 bits per heavy atom. The second kappa shape index (κ2) is 9.50. The van der Waals surface area contributed by atoms with Crippen LogP contribution in [0.1, 0.15) is 43.7 Å². The number of aryl methyl sites for hydroxylation is 1. The molecule has 138 valence electrons. The van der Waals surface area contributed by atoms with Crippen molar-refractivity contribution in [2.75, 3.05) is 25.1 Å². The second-order valence-electron chi connectivity index (χ2n) is 6.08. The van der Waals surface area contributed by atoms with E-state index < -0.39 is 20.0 Å². The predicted molar refractivity (Wildman–Crippen MR) is 98.1 cm³/mol. The molecule has 0 spiro atoms. The van der Waals surface area contributed by atoms with Crippen LogP contribution in [0.2, 0.25) is 0 Å². The fourth-order valence-corrected chi connectivity index (χ4v) is 3.97. The highest BCUT2D eigenvalue weighted by molar-refractivity contribution is 7.89. The van der Waals surface area contributed by atoms with Gasteiger partial charge in [-0.05, 0) is 36.3 Å². The Kier molecular flexibility index (Phi) is 8.35. The molecule has 6 nitrogen and oxygen atoms in total. The maximum absolute atomic E-state index is 11.7. The number of nitrogens with one attached hydrogen (secondary N) is 2. The van der Waals surface area contributed by atoms with Gasteiger partial charge in [-0.2, -0.15) is 0 Å². The molecule has 1 rings (SSSR count). The standard InChI is InChI=1S/C16H28N2O4S2/c1-4-12-24(21,22)18-13-14(2)16-9-7-15(8-10-16)6-5-11-17-23(3,19)20/h7-10,14,17-18H,4-6,11-13H2,1-3H3. The van der Waals surface area contributed by atoms with Crippen LogP contribution in [0, 0.1) is 0 Å². The molecule has 2 N–H and O–H groups in total. The molecule has 1 aromatic rings. The van der Waals surface area contributed by atoms with E-state index in [0.717, 1.165) is 30.2 Å². The van der Waals surface area contributed by atoms with E-state index in [1.54, 1.807) is 0 Å². The van der Waals surface area contributed by atoms with Gasteiger partial charge in [-0.3, -0.25) is 0 Å². The average molecular weight is 377 g/mol.